The molecule has 2 aromatic rings. The van der Waals surface area contributed by atoms with Crippen LogP contribution in [0.2, 0.25) is 5.02 Å². The standard InChI is InChI=1S/C19H21ClN2O6S/c1-26-14-4-6-15(7-5-14)27-10-9-21-19(23)18-12-22(29(2,24)25)16-11-13(20)3-8-17(16)28-18/h3-8,11,18H,9-10,12H2,1-2H3,(H,21,23)/t18-/m1/s1. The summed E-state index contributed by atoms with van der Waals surface area (Å²) in [4.78, 5) is 12.5. The average molecular weight is 441 g/mol. The van der Waals surface area contributed by atoms with Crippen molar-refractivity contribution in [2.75, 3.05) is 37.4 Å². The minimum Gasteiger partial charge on any atom is -0.497 e. The summed E-state index contributed by atoms with van der Waals surface area (Å²) in [5, 5.41) is 3.07. The Morgan fingerprint density at radius 1 is 1.24 bits per heavy atom. The Kier molecular flexibility index (Phi) is 6.39. The quantitative estimate of drug-likeness (QED) is 0.662. The van der Waals surface area contributed by atoms with Crippen molar-refractivity contribution < 1.29 is 27.4 Å². The third-order valence-corrected chi connectivity index (χ3v) is 5.59. The highest BCUT2D eigenvalue weighted by Gasteiger charge is 2.35. The zero-order valence-electron chi connectivity index (χ0n) is 15.9. The van der Waals surface area contributed by atoms with Gasteiger partial charge in [0, 0.05) is 5.02 Å². The number of methoxy groups -OCH3 is 1. The number of nitrogens with zero attached hydrogens (tertiary/aromatic N) is 1. The van der Waals surface area contributed by atoms with E-state index < -0.39 is 22.0 Å². The highest BCUT2D eigenvalue weighted by molar-refractivity contribution is 7.92. The van der Waals surface area contributed by atoms with Crippen LogP contribution in [0.5, 0.6) is 17.2 Å². The highest BCUT2D eigenvalue weighted by atomic mass is 35.5. The molecule has 8 nitrogen and oxygen atoms in total. The van der Waals surface area contributed by atoms with Crippen LogP contribution in [-0.4, -0.2) is 53.5 Å². The number of halogens is 1. The summed E-state index contributed by atoms with van der Waals surface area (Å²) in [5.41, 5.74) is 0.312. The van der Waals surface area contributed by atoms with Crippen LogP contribution in [0.25, 0.3) is 0 Å². The minimum atomic E-state index is -3.61. The first-order valence-corrected chi connectivity index (χ1v) is 11.0. The van der Waals surface area contributed by atoms with Crippen molar-refractivity contribution in [2.45, 2.75) is 6.10 Å². The molecule has 1 amide bonds. The van der Waals surface area contributed by atoms with Gasteiger partial charge in [-0.1, -0.05) is 11.6 Å². The minimum absolute atomic E-state index is 0.142. The summed E-state index contributed by atoms with van der Waals surface area (Å²) in [7, 11) is -2.03. The SMILES string of the molecule is COc1ccc(OCCNC(=O)[C@H]2CN(S(C)(=O)=O)c3cc(Cl)ccc3O2)cc1. The summed E-state index contributed by atoms with van der Waals surface area (Å²) in [6.45, 7) is 0.335. The normalized spacial score (nSPS) is 15.8. The molecule has 0 fully saturated rings. The molecule has 1 aliphatic rings. The maximum Gasteiger partial charge on any atom is 0.263 e. The second-order valence-electron chi connectivity index (χ2n) is 6.33. The van der Waals surface area contributed by atoms with Gasteiger partial charge in [0.25, 0.3) is 5.91 Å². The fourth-order valence-corrected chi connectivity index (χ4v) is 3.88. The average Bonchev–Trinajstić information content (AvgIpc) is 2.70. The van der Waals surface area contributed by atoms with Gasteiger partial charge < -0.3 is 19.5 Å². The third kappa shape index (κ3) is 5.24. The molecular formula is C19H21ClN2O6S. The van der Waals surface area contributed by atoms with Crippen LogP contribution in [-0.2, 0) is 14.8 Å². The smallest absolute Gasteiger partial charge is 0.263 e. The fraction of sp³-hybridized carbons (Fsp3) is 0.316. The molecule has 0 bridgehead atoms. The Labute approximate surface area is 174 Å². The van der Waals surface area contributed by atoms with E-state index in [4.69, 9.17) is 25.8 Å². The summed E-state index contributed by atoms with van der Waals surface area (Å²) in [6, 6.07) is 11.7. The lowest BCUT2D eigenvalue weighted by Gasteiger charge is -2.34. The Morgan fingerprint density at radius 2 is 1.93 bits per heavy atom. The molecule has 0 saturated carbocycles. The molecule has 156 valence electrons. The number of anilines is 1. The summed E-state index contributed by atoms with van der Waals surface area (Å²) in [5.74, 6) is 1.21. The van der Waals surface area contributed by atoms with Crippen LogP contribution in [0.15, 0.2) is 42.5 Å². The first-order valence-electron chi connectivity index (χ1n) is 8.76. The van der Waals surface area contributed by atoms with E-state index >= 15 is 0 Å². The number of hydrogen-bond donors (Lipinski definition) is 1. The van der Waals surface area contributed by atoms with Crippen LogP contribution in [0, 0.1) is 0 Å². The Hall–Kier alpha value is -2.65. The lowest BCUT2D eigenvalue weighted by molar-refractivity contribution is -0.127. The molecule has 0 aromatic heterocycles. The molecular weight excluding hydrogens is 420 g/mol. The van der Waals surface area contributed by atoms with Gasteiger partial charge in [0.05, 0.1) is 32.1 Å². The van der Waals surface area contributed by atoms with Gasteiger partial charge in [-0.2, -0.15) is 0 Å². The van der Waals surface area contributed by atoms with Gasteiger partial charge in [-0.3, -0.25) is 9.10 Å². The van der Waals surface area contributed by atoms with Crippen LogP contribution in [0.3, 0.4) is 0 Å². The topological polar surface area (TPSA) is 94.2 Å². The summed E-state index contributed by atoms with van der Waals surface area (Å²) in [6.07, 6.45) is 0.0834. The van der Waals surface area contributed by atoms with E-state index in [1.807, 2.05) is 0 Å². The Balaban J connectivity index is 1.58. The van der Waals surface area contributed by atoms with Gasteiger partial charge in [-0.25, -0.2) is 8.42 Å². The second kappa shape index (κ2) is 8.79. The maximum absolute atomic E-state index is 12.5. The summed E-state index contributed by atoms with van der Waals surface area (Å²) >= 11 is 5.97. The van der Waals surface area contributed by atoms with Crippen LogP contribution in [0.1, 0.15) is 0 Å². The number of rotatable bonds is 7. The van der Waals surface area contributed by atoms with Crippen molar-refractivity contribution in [3.05, 3.63) is 47.5 Å². The van der Waals surface area contributed by atoms with Gasteiger partial charge in [0.2, 0.25) is 10.0 Å². The largest absolute Gasteiger partial charge is 0.497 e. The molecule has 0 saturated heterocycles. The Morgan fingerprint density at radius 3 is 2.59 bits per heavy atom. The fourth-order valence-electron chi connectivity index (χ4n) is 2.80. The van der Waals surface area contributed by atoms with E-state index in [2.05, 4.69) is 5.32 Å². The molecule has 3 rings (SSSR count). The molecule has 1 aliphatic heterocycles. The van der Waals surface area contributed by atoms with E-state index in [9.17, 15) is 13.2 Å². The van der Waals surface area contributed by atoms with Crippen molar-refractivity contribution in [3.63, 3.8) is 0 Å². The molecule has 0 spiro atoms. The molecule has 1 N–H and O–H groups in total. The van der Waals surface area contributed by atoms with Gasteiger partial charge in [0.1, 0.15) is 23.9 Å². The first-order chi connectivity index (χ1) is 13.8. The van der Waals surface area contributed by atoms with Crippen molar-refractivity contribution >= 4 is 33.2 Å². The van der Waals surface area contributed by atoms with Crippen molar-refractivity contribution in [2.24, 2.45) is 0 Å². The van der Waals surface area contributed by atoms with Gasteiger partial charge >= 0.3 is 0 Å². The molecule has 0 aliphatic carbocycles. The zero-order valence-corrected chi connectivity index (χ0v) is 17.5. The first kappa shape index (κ1) is 21.1. The van der Waals surface area contributed by atoms with Gasteiger partial charge in [-0.15, -0.1) is 0 Å². The van der Waals surface area contributed by atoms with E-state index in [-0.39, 0.29) is 25.4 Å². The summed E-state index contributed by atoms with van der Waals surface area (Å²) < 4.78 is 41.8. The lowest BCUT2D eigenvalue weighted by atomic mass is 10.2. The van der Waals surface area contributed by atoms with E-state index in [0.29, 0.717) is 16.5 Å². The Bertz CT molecular complexity index is 981. The molecule has 2 aromatic carbocycles. The van der Waals surface area contributed by atoms with E-state index in [0.717, 1.165) is 16.3 Å². The highest BCUT2D eigenvalue weighted by Crippen LogP contribution is 2.37. The van der Waals surface area contributed by atoms with Crippen molar-refractivity contribution in [3.8, 4) is 17.2 Å². The zero-order chi connectivity index (χ0) is 21.0. The number of fused-ring (bicyclic) bond motifs is 1. The van der Waals surface area contributed by atoms with Crippen LogP contribution < -0.4 is 23.8 Å². The second-order valence-corrected chi connectivity index (χ2v) is 8.67. The number of ether oxygens (including phenoxy) is 3. The number of amides is 1. The van der Waals surface area contributed by atoms with E-state index in [1.165, 1.54) is 6.07 Å². The monoisotopic (exact) mass is 440 g/mol. The number of carbonyl (C=O) groups excluding carboxylic acids is 1. The number of hydrogen-bond acceptors (Lipinski definition) is 6. The molecule has 29 heavy (non-hydrogen) atoms. The van der Waals surface area contributed by atoms with Crippen LogP contribution >= 0.6 is 11.6 Å². The van der Waals surface area contributed by atoms with E-state index in [1.54, 1.807) is 43.5 Å². The van der Waals surface area contributed by atoms with Crippen molar-refractivity contribution in [1.29, 1.82) is 0 Å². The lowest BCUT2D eigenvalue weighted by Crippen LogP contribution is -2.51. The number of benzene rings is 2. The number of sulfonamides is 1. The predicted molar refractivity (Wildman–Crippen MR) is 110 cm³/mol. The molecule has 10 heteroatoms. The van der Waals surface area contributed by atoms with Gasteiger partial charge in [-0.05, 0) is 42.5 Å². The number of carbonyl (C=O) groups is 1. The molecule has 1 atom stereocenters. The van der Waals surface area contributed by atoms with Gasteiger partial charge in [0.15, 0.2) is 6.10 Å². The molecule has 0 unspecified atom stereocenters. The van der Waals surface area contributed by atoms with Crippen LogP contribution in [0.4, 0.5) is 5.69 Å². The van der Waals surface area contributed by atoms with Crippen molar-refractivity contribution in [1.82, 2.24) is 5.32 Å². The third-order valence-electron chi connectivity index (χ3n) is 4.21. The maximum atomic E-state index is 12.5. The molecule has 0 radical (unpaired) electrons. The molecule has 1 heterocycles. The predicted octanol–water partition coefficient (Wildman–Crippen LogP) is 2.07. The number of nitrogens with one attached hydrogen (secondary N) is 1.